The molecule has 0 radical (unpaired) electrons. The molecule has 1 saturated carbocycles. The van der Waals surface area contributed by atoms with Gasteiger partial charge in [-0.05, 0) is 104 Å². The number of hydrogen-bond acceptors (Lipinski definition) is 4. The summed E-state index contributed by atoms with van der Waals surface area (Å²) in [4.78, 5) is 6.69. The number of aryl methyl sites for hydroxylation is 4. The van der Waals surface area contributed by atoms with Crippen LogP contribution < -0.4 is 10.6 Å². The third-order valence-electron chi connectivity index (χ3n) is 8.41. The van der Waals surface area contributed by atoms with Crippen LogP contribution in [0.1, 0.15) is 83.9 Å². The molecule has 3 aromatic rings. The number of aromatic nitrogens is 1. The Hall–Kier alpha value is -3.17. The lowest BCUT2D eigenvalue weighted by atomic mass is 9.97. The van der Waals surface area contributed by atoms with Crippen molar-refractivity contribution in [1.82, 2.24) is 4.98 Å². The standard InChI is InChI=1S/C31H35F6N3O/c1-2-40(18-19-6-3-4-7-19)27-15-22-9-5-8-21(22)14-23(27)16-28-26(39-29(38)41-28)11-10-20-12-24(30(32,33)34)17-25(13-20)31(35,36)37/h12-15,17,19H,2-11,16,18H2,1H3,(H2,38,39). The Morgan fingerprint density at radius 1 is 0.878 bits per heavy atom. The number of alkyl halides is 6. The largest absolute Gasteiger partial charge is 0.428 e. The molecule has 1 fully saturated rings. The zero-order valence-electron chi connectivity index (χ0n) is 23.1. The van der Waals surface area contributed by atoms with Crippen molar-refractivity contribution in [3.63, 3.8) is 0 Å². The van der Waals surface area contributed by atoms with Gasteiger partial charge in [0.2, 0.25) is 0 Å². The molecule has 10 heteroatoms. The van der Waals surface area contributed by atoms with Crippen LogP contribution in [0.2, 0.25) is 0 Å². The predicted octanol–water partition coefficient (Wildman–Crippen LogP) is 8.18. The van der Waals surface area contributed by atoms with Gasteiger partial charge in [0.05, 0.1) is 16.8 Å². The van der Waals surface area contributed by atoms with Gasteiger partial charge in [-0.3, -0.25) is 0 Å². The second-order valence-electron chi connectivity index (χ2n) is 11.3. The molecular weight excluding hydrogens is 544 g/mol. The lowest BCUT2D eigenvalue weighted by molar-refractivity contribution is -0.143. The van der Waals surface area contributed by atoms with E-state index in [-0.39, 0.29) is 30.5 Å². The van der Waals surface area contributed by atoms with Crippen LogP contribution in [0.15, 0.2) is 34.7 Å². The van der Waals surface area contributed by atoms with Crippen molar-refractivity contribution in [3.8, 4) is 0 Å². The molecule has 0 atom stereocenters. The van der Waals surface area contributed by atoms with Gasteiger partial charge in [-0.15, -0.1) is 0 Å². The van der Waals surface area contributed by atoms with Gasteiger partial charge in [-0.25, -0.2) is 0 Å². The number of benzene rings is 2. The summed E-state index contributed by atoms with van der Waals surface area (Å²) in [6, 6.07) is 6.11. The molecule has 2 N–H and O–H groups in total. The molecule has 0 bridgehead atoms. The molecule has 222 valence electrons. The summed E-state index contributed by atoms with van der Waals surface area (Å²) < 4.78 is 85.9. The van der Waals surface area contributed by atoms with E-state index in [1.807, 2.05) is 0 Å². The summed E-state index contributed by atoms with van der Waals surface area (Å²) in [6.07, 6.45) is -1.27. The number of fused-ring (bicyclic) bond motifs is 1. The Morgan fingerprint density at radius 2 is 1.51 bits per heavy atom. The van der Waals surface area contributed by atoms with Crippen molar-refractivity contribution < 1.29 is 30.8 Å². The van der Waals surface area contributed by atoms with Crippen LogP contribution in [-0.2, 0) is 44.5 Å². The van der Waals surface area contributed by atoms with Crippen molar-refractivity contribution >= 4 is 11.7 Å². The van der Waals surface area contributed by atoms with Gasteiger partial charge in [-0.2, -0.15) is 31.3 Å². The van der Waals surface area contributed by atoms with Gasteiger partial charge in [0.15, 0.2) is 0 Å². The summed E-state index contributed by atoms with van der Waals surface area (Å²) in [6.45, 7) is 3.98. The minimum Gasteiger partial charge on any atom is -0.428 e. The molecule has 2 aromatic carbocycles. The molecule has 2 aliphatic carbocycles. The zero-order chi connectivity index (χ0) is 29.4. The first-order chi connectivity index (χ1) is 19.4. The van der Waals surface area contributed by atoms with Gasteiger partial charge in [0.25, 0.3) is 6.01 Å². The lowest BCUT2D eigenvalue weighted by Gasteiger charge is -2.29. The smallest absolute Gasteiger partial charge is 0.416 e. The molecule has 0 amide bonds. The minimum absolute atomic E-state index is 0.0731. The topological polar surface area (TPSA) is 55.3 Å². The minimum atomic E-state index is -4.90. The Labute approximate surface area is 235 Å². The van der Waals surface area contributed by atoms with Crippen molar-refractivity contribution in [2.45, 2.75) is 83.5 Å². The van der Waals surface area contributed by atoms with E-state index < -0.39 is 23.5 Å². The maximum atomic E-state index is 13.3. The average molecular weight is 580 g/mol. The fraction of sp³-hybridized carbons (Fsp3) is 0.516. The molecule has 0 spiro atoms. The normalized spacial score (nSPS) is 16.0. The molecule has 1 heterocycles. The number of nitrogen functional groups attached to an aromatic ring is 1. The number of anilines is 2. The van der Waals surface area contributed by atoms with E-state index in [2.05, 4.69) is 28.9 Å². The van der Waals surface area contributed by atoms with Gasteiger partial charge in [0.1, 0.15) is 5.76 Å². The van der Waals surface area contributed by atoms with Crippen LogP contribution in [0.4, 0.5) is 38.0 Å². The maximum Gasteiger partial charge on any atom is 0.416 e. The maximum absolute atomic E-state index is 13.3. The molecule has 0 saturated heterocycles. The molecule has 4 nitrogen and oxygen atoms in total. The average Bonchev–Trinajstić information content (AvgIpc) is 3.66. The van der Waals surface area contributed by atoms with Crippen molar-refractivity contribution in [2.24, 2.45) is 5.92 Å². The molecule has 0 unspecified atom stereocenters. The third kappa shape index (κ3) is 6.84. The van der Waals surface area contributed by atoms with E-state index in [0.29, 0.717) is 23.8 Å². The van der Waals surface area contributed by atoms with Crippen LogP contribution in [0.3, 0.4) is 0 Å². The molecule has 1 aromatic heterocycles. The first kappa shape index (κ1) is 29.3. The number of halogens is 6. The molecule has 2 aliphatic rings. The predicted molar refractivity (Wildman–Crippen MR) is 146 cm³/mol. The van der Waals surface area contributed by atoms with Gasteiger partial charge in [-0.1, -0.05) is 18.9 Å². The van der Waals surface area contributed by atoms with Crippen LogP contribution >= 0.6 is 0 Å². The highest BCUT2D eigenvalue weighted by Gasteiger charge is 2.37. The van der Waals surface area contributed by atoms with Crippen LogP contribution in [0.25, 0.3) is 0 Å². The number of rotatable bonds is 9. The molecular formula is C31H35F6N3O. The van der Waals surface area contributed by atoms with Gasteiger partial charge >= 0.3 is 12.4 Å². The van der Waals surface area contributed by atoms with E-state index in [1.54, 1.807) is 0 Å². The van der Waals surface area contributed by atoms with Crippen molar-refractivity contribution in [1.29, 1.82) is 0 Å². The van der Waals surface area contributed by atoms with Crippen LogP contribution in [-0.4, -0.2) is 18.1 Å². The summed E-state index contributed by atoms with van der Waals surface area (Å²) in [5, 5.41) is 0. The van der Waals surface area contributed by atoms with Crippen LogP contribution in [0.5, 0.6) is 0 Å². The van der Waals surface area contributed by atoms with Gasteiger partial charge in [0, 0.05) is 25.2 Å². The van der Waals surface area contributed by atoms with Crippen molar-refractivity contribution in [2.75, 3.05) is 23.7 Å². The highest BCUT2D eigenvalue weighted by Crippen LogP contribution is 2.38. The second kappa shape index (κ2) is 11.6. The second-order valence-corrected chi connectivity index (χ2v) is 11.3. The number of hydrogen-bond donors (Lipinski definition) is 1. The Balaban J connectivity index is 1.42. The molecule has 0 aliphatic heterocycles. The Bertz CT molecular complexity index is 1340. The van der Waals surface area contributed by atoms with E-state index >= 15 is 0 Å². The quantitative estimate of drug-likeness (QED) is 0.260. The van der Waals surface area contributed by atoms with E-state index in [9.17, 15) is 26.3 Å². The SMILES string of the molecule is CCN(CC1CCCC1)c1cc2c(cc1Cc1oc(N)nc1CCc1cc(C(F)(F)F)cc(C(F)(F)F)c1)CCC2. The van der Waals surface area contributed by atoms with Crippen LogP contribution in [0, 0.1) is 5.92 Å². The first-order valence-corrected chi connectivity index (χ1v) is 14.3. The van der Waals surface area contributed by atoms with Gasteiger partial charge < -0.3 is 15.1 Å². The van der Waals surface area contributed by atoms with E-state index in [0.717, 1.165) is 55.7 Å². The van der Waals surface area contributed by atoms with E-state index in [1.165, 1.54) is 36.8 Å². The Morgan fingerprint density at radius 3 is 2.12 bits per heavy atom. The summed E-state index contributed by atoms with van der Waals surface area (Å²) in [5.41, 5.74) is 8.49. The third-order valence-corrected chi connectivity index (χ3v) is 8.41. The Kier molecular flexibility index (Phi) is 8.30. The number of nitrogens with zero attached hydrogens (tertiary/aromatic N) is 2. The fourth-order valence-electron chi connectivity index (χ4n) is 6.34. The van der Waals surface area contributed by atoms with Crippen molar-refractivity contribution in [3.05, 3.63) is 75.2 Å². The summed E-state index contributed by atoms with van der Waals surface area (Å²) in [7, 11) is 0. The number of oxazole rings is 1. The fourth-order valence-corrected chi connectivity index (χ4v) is 6.34. The molecule has 5 rings (SSSR count). The molecule has 41 heavy (non-hydrogen) atoms. The number of nitrogens with two attached hydrogens (primary N) is 1. The van der Waals surface area contributed by atoms with E-state index in [4.69, 9.17) is 10.2 Å². The zero-order valence-corrected chi connectivity index (χ0v) is 23.1. The summed E-state index contributed by atoms with van der Waals surface area (Å²) in [5.74, 6) is 1.14. The highest BCUT2D eigenvalue weighted by molar-refractivity contribution is 5.60. The monoisotopic (exact) mass is 579 g/mol. The summed E-state index contributed by atoms with van der Waals surface area (Å²) >= 11 is 0. The lowest BCUT2D eigenvalue weighted by Crippen LogP contribution is -2.29. The highest BCUT2D eigenvalue weighted by atomic mass is 19.4. The first-order valence-electron chi connectivity index (χ1n) is 14.3.